The average molecular weight is 300 g/mol. The van der Waals surface area contributed by atoms with Crippen LogP contribution in [0.15, 0.2) is 22.7 Å². The molecular weight excluding hydrogens is 278 g/mol. The van der Waals surface area contributed by atoms with Crippen molar-refractivity contribution in [1.82, 2.24) is 0 Å². The first-order chi connectivity index (χ1) is 7.97. The molecular formula is C14H22BrNO. The van der Waals surface area contributed by atoms with Gasteiger partial charge in [-0.3, -0.25) is 0 Å². The van der Waals surface area contributed by atoms with Crippen LogP contribution >= 0.6 is 15.9 Å². The Kier molecular flexibility index (Phi) is 5.47. The Bertz CT molecular complexity index is 365. The fourth-order valence-corrected chi connectivity index (χ4v) is 2.59. The van der Waals surface area contributed by atoms with Crippen LogP contribution in [0.2, 0.25) is 0 Å². The third-order valence-corrected chi connectivity index (χ3v) is 3.84. The highest BCUT2D eigenvalue weighted by molar-refractivity contribution is 9.10. The van der Waals surface area contributed by atoms with Crippen molar-refractivity contribution in [2.75, 3.05) is 11.9 Å². The molecule has 0 aliphatic carbocycles. The molecule has 2 atom stereocenters. The molecule has 3 heteroatoms. The number of halogens is 1. The second-order valence-electron chi connectivity index (χ2n) is 4.64. The number of hydrogen-bond acceptors (Lipinski definition) is 2. The lowest BCUT2D eigenvalue weighted by molar-refractivity contribution is 0.199. The minimum Gasteiger partial charge on any atom is -0.389 e. The first kappa shape index (κ1) is 14.5. The van der Waals surface area contributed by atoms with Gasteiger partial charge in [0.2, 0.25) is 0 Å². The van der Waals surface area contributed by atoms with Gasteiger partial charge in [-0.15, -0.1) is 0 Å². The van der Waals surface area contributed by atoms with Gasteiger partial charge in [-0.2, -0.15) is 0 Å². The van der Waals surface area contributed by atoms with E-state index < -0.39 is 6.10 Å². The molecule has 1 N–H and O–H groups in total. The van der Waals surface area contributed by atoms with Gasteiger partial charge >= 0.3 is 0 Å². The van der Waals surface area contributed by atoms with Crippen LogP contribution < -0.4 is 4.90 Å². The van der Waals surface area contributed by atoms with Gasteiger partial charge in [0.15, 0.2) is 0 Å². The van der Waals surface area contributed by atoms with Crippen molar-refractivity contribution in [1.29, 1.82) is 0 Å². The zero-order chi connectivity index (χ0) is 13.0. The SMILES string of the molecule is CCCC(C)N(C)c1ccc([C@H](C)O)cc1Br. The van der Waals surface area contributed by atoms with Crippen molar-refractivity contribution in [3.8, 4) is 0 Å². The van der Waals surface area contributed by atoms with Gasteiger partial charge in [0.1, 0.15) is 0 Å². The Morgan fingerprint density at radius 1 is 1.35 bits per heavy atom. The topological polar surface area (TPSA) is 23.5 Å². The van der Waals surface area contributed by atoms with Gasteiger partial charge in [-0.25, -0.2) is 0 Å². The fraction of sp³-hybridized carbons (Fsp3) is 0.571. The molecule has 0 saturated carbocycles. The largest absolute Gasteiger partial charge is 0.389 e. The van der Waals surface area contributed by atoms with E-state index in [4.69, 9.17) is 0 Å². The maximum atomic E-state index is 9.54. The molecule has 0 aromatic heterocycles. The first-order valence-corrected chi connectivity index (χ1v) is 6.97. The van der Waals surface area contributed by atoms with E-state index in [2.05, 4.69) is 47.8 Å². The average Bonchev–Trinajstić information content (AvgIpc) is 2.28. The summed E-state index contributed by atoms with van der Waals surface area (Å²) in [5.41, 5.74) is 2.12. The summed E-state index contributed by atoms with van der Waals surface area (Å²) in [5.74, 6) is 0. The second-order valence-corrected chi connectivity index (χ2v) is 5.49. The Morgan fingerprint density at radius 2 is 2.00 bits per heavy atom. The van der Waals surface area contributed by atoms with Gasteiger partial charge in [0.25, 0.3) is 0 Å². The summed E-state index contributed by atoms with van der Waals surface area (Å²) in [6, 6.07) is 6.57. The van der Waals surface area contributed by atoms with E-state index in [1.165, 1.54) is 18.5 Å². The van der Waals surface area contributed by atoms with E-state index in [-0.39, 0.29) is 0 Å². The third-order valence-electron chi connectivity index (χ3n) is 3.20. The highest BCUT2D eigenvalue weighted by Gasteiger charge is 2.13. The zero-order valence-corrected chi connectivity index (χ0v) is 12.7. The molecule has 0 radical (unpaired) electrons. The lowest BCUT2D eigenvalue weighted by Crippen LogP contribution is -2.28. The molecule has 0 spiro atoms. The number of benzene rings is 1. The molecule has 1 aromatic carbocycles. The number of aliphatic hydroxyl groups is 1. The van der Waals surface area contributed by atoms with Gasteiger partial charge in [-0.1, -0.05) is 19.4 Å². The summed E-state index contributed by atoms with van der Waals surface area (Å²) in [5, 5.41) is 9.54. The maximum Gasteiger partial charge on any atom is 0.0762 e. The second kappa shape index (κ2) is 6.41. The molecule has 1 rings (SSSR count). The summed E-state index contributed by atoms with van der Waals surface area (Å²) < 4.78 is 1.04. The van der Waals surface area contributed by atoms with E-state index in [1.807, 2.05) is 12.1 Å². The summed E-state index contributed by atoms with van der Waals surface area (Å²) in [4.78, 5) is 2.28. The van der Waals surface area contributed by atoms with Crippen LogP contribution in [-0.4, -0.2) is 18.2 Å². The molecule has 0 amide bonds. The molecule has 1 aromatic rings. The molecule has 1 unspecified atom stereocenters. The summed E-state index contributed by atoms with van der Waals surface area (Å²) >= 11 is 3.58. The highest BCUT2D eigenvalue weighted by atomic mass is 79.9. The normalized spacial score (nSPS) is 14.5. The van der Waals surface area contributed by atoms with Gasteiger partial charge in [-0.05, 0) is 53.9 Å². The van der Waals surface area contributed by atoms with Crippen LogP contribution in [0.4, 0.5) is 5.69 Å². The van der Waals surface area contributed by atoms with Gasteiger partial charge in [0, 0.05) is 17.6 Å². The lowest BCUT2D eigenvalue weighted by Gasteiger charge is -2.28. The molecule has 0 heterocycles. The smallest absolute Gasteiger partial charge is 0.0762 e. The van der Waals surface area contributed by atoms with Gasteiger partial charge in [0.05, 0.1) is 11.8 Å². The summed E-state index contributed by atoms with van der Waals surface area (Å²) in [6.45, 7) is 6.22. The highest BCUT2D eigenvalue weighted by Crippen LogP contribution is 2.30. The van der Waals surface area contributed by atoms with Crippen molar-refractivity contribution in [2.45, 2.75) is 45.8 Å². The first-order valence-electron chi connectivity index (χ1n) is 6.17. The van der Waals surface area contributed by atoms with E-state index in [1.54, 1.807) is 6.92 Å². The molecule has 0 saturated heterocycles. The molecule has 17 heavy (non-hydrogen) atoms. The minimum absolute atomic E-state index is 0.418. The summed E-state index contributed by atoms with van der Waals surface area (Å²) in [6.07, 6.45) is 1.95. The van der Waals surface area contributed by atoms with Crippen molar-refractivity contribution in [3.63, 3.8) is 0 Å². The van der Waals surface area contributed by atoms with Crippen molar-refractivity contribution in [3.05, 3.63) is 28.2 Å². The Labute approximate surface area is 113 Å². The number of hydrogen-bond donors (Lipinski definition) is 1. The minimum atomic E-state index is -0.418. The molecule has 0 bridgehead atoms. The standard InChI is InChI=1S/C14H22BrNO/c1-5-6-10(2)16(4)14-8-7-12(11(3)17)9-13(14)15/h7-11,17H,5-6H2,1-4H3/t10?,11-/m0/s1. The Hall–Kier alpha value is -0.540. The van der Waals surface area contributed by atoms with Crippen LogP contribution in [0, 0.1) is 0 Å². The van der Waals surface area contributed by atoms with Crippen molar-refractivity contribution < 1.29 is 5.11 Å². The monoisotopic (exact) mass is 299 g/mol. The molecule has 0 aliphatic heterocycles. The lowest BCUT2D eigenvalue weighted by atomic mass is 10.1. The molecule has 96 valence electrons. The zero-order valence-electron chi connectivity index (χ0n) is 11.1. The number of rotatable bonds is 5. The van der Waals surface area contributed by atoms with Crippen LogP contribution in [0.25, 0.3) is 0 Å². The van der Waals surface area contributed by atoms with Gasteiger partial charge < -0.3 is 10.0 Å². The predicted octanol–water partition coefficient (Wildman–Crippen LogP) is 4.13. The van der Waals surface area contributed by atoms with E-state index in [0.29, 0.717) is 6.04 Å². The maximum absolute atomic E-state index is 9.54. The number of anilines is 1. The van der Waals surface area contributed by atoms with Crippen LogP contribution in [0.5, 0.6) is 0 Å². The number of nitrogens with zero attached hydrogens (tertiary/aromatic N) is 1. The third kappa shape index (κ3) is 3.71. The molecule has 0 aliphatic rings. The quantitative estimate of drug-likeness (QED) is 0.884. The predicted molar refractivity (Wildman–Crippen MR) is 77.5 cm³/mol. The fourth-order valence-electron chi connectivity index (χ4n) is 1.92. The van der Waals surface area contributed by atoms with Crippen molar-refractivity contribution in [2.24, 2.45) is 0 Å². The molecule has 0 fully saturated rings. The van der Waals surface area contributed by atoms with E-state index >= 15 is 0 Å². The van der Waals surface area contributed by atoms with Crippen LogP contribution in [0.3, 0.4) is 0 Å². The Morgan fingerprint density at radius 3 is 2.47 bits per heavy atom. The van der Waals surface area contributed by atoms with E-state index in [0.717, 1.165) is 10.0 Å². The Balaban J connectivity index is 2.91. The van der Waals surface area contributed by atoms with E-state index in [9.17, 15) is 5.11 Å². The molecule has 2 nitrogen and oxygen atoms in total. The van der Waals surface area contributed by atoms with Crippen LogP contribution in [-0.2, 0) is 0 Å². The summed E-state index contributed by atoms with van der Waals surface area (Å²) in [7, 11) is 2.11. The van der Waals surface area contributed by atoms with Crippen molar-refractivity contribution >= 4 is 21.6 Å². The van der Waals surface area contributed by atoms with Crippen LogP contribution in [0.1, 0.15) is 45.3 Å². The number of aliphatic hydroxyl groups excluding tert-OH is 1.